The molecule has 0 aromatic heterocycles. The van der Waals surface area contributed by atoms with E-state index in [9.17, 15) is 13.2 Å². The Bertz CT molecular complexity index is 666. The standard InChI is InChI=1S/C19H29NO5S/c1-3-25-19(21)15-20(14-13-16-7-5-4-6-8-16)26(22,23)18-11-9-17(24-2)10-12-18/h9-12,16H,3-8,13-15H2,1-2H3. The van der Waals surface area contributed by atoms with Gasteiger partial charge in [-0.15, -0.1) is 0 Å². The van der Waals surface area contributed by atoms with E-state index in [4.69, 9.17) is 9.47 Å². The van der Waals surface area contributed by atoms with Gasteiger partial charge in [-0.3, -0.25) is 4.79 Å². The number of carbonyl (C=O) groups excluding carboxylic acids is 1. The van der Waals surface area contributed by atoms with E-state index >= 15 is 0 Å². The molecule has 0 N–H and O–H groups in total. The maximum Gasteiger partial charge on any atom is 0.321 e. The monoisotopic (exact) mass is 383 g/mol. The number of sulfonamides is 1. The fraction of sp³-hybridized carbons (Fsp3) is 0.632. The smallest absolute Gasteiger partial charge is 0.321 e. The summed E-state index contributed by atoms with van der Waals surface area (Å²) in [5.41, 5.74) is 0. The lowest BCUT2D eigenvalue weighted by Crippen LogP contribution is -2.38. The van der Waals surface area contributed by atoms with Crippen LogP contribution in [-0.2, 0) is 19.6 Å². The minimum atomic E-state index is -3.76. The molecule has 0 heterocycles. The number of methoxy groups -OCH3 is 1. The topological polar surface area (TPSA) is 72.9 Å². The summed E-state index contributed by atoms with van der Waals surface area (Å²) in [5, 5.41) is 0. The maximum atomic E-state index is 13.0. The Morgan fingerprint density at radius 1 is 1.15 bits per heavy atom. The average molecular weight is 384 g/mol. The summed E-state index contributed by atoms with van der Waals surface area (Å²) < 4.78 is 37.3. The van der Waals surface area contributed by atoms with Crippen molar-refractivity contribution >= 4 is 16.0 Å². The van der Waals surface area contributed by atoms with Crippen molar-refractivity contribution in [1.29, 1.82) is 0 Å². The van der Waals surface area contributed by atoms with E-state index in [-0.39, 0.29) is 18.0 Å². The van der Waals surface area contributed by atoms with Gasteiger partial charge in [-0.1, -0.05) is 32.1 Å². The third-order valence-corrected chi connectivity index (χ3v) is 6.68. The minimum absolute atomic E-state index is 0.159. The summed E-state index contributed by atoms with van der Waals surface area (Å²) in [7, 11) is -2.23. The number of hydrogen-bond donors (Lipinski definition) is 0. The molecule has 1 fully saturated rings. The first kappa shape index (κ1) is 20.7. The second-order valence-electron chi connectivity index (χ2n) is 6.61. The molecule has 0 bridgehead atoms. The number of hydrogen-bond acceptors (Lipinski definition) is 5. The molecule has 0 atom stereocenters. The van der Waals surface area contributed by atoms with Crippen LogP contribution in [0.15, 0.2) is 29.2 Å². The molecule has 1 aliphatic carbocycles. The lowest BCUT2D eigenvalue weighted by Gasteiger charge is -2.26. The summed E-state index contributed by atoms with van der Waals surface area (Å²) in [6.07, 6.45) is 6.70. The van der Waals surface area contributed by atoms with Gasteiger partial charge in [-0.2, -0.15) is 4.31 Å². The molecule has 0 radical (unpaired) electrons. The van der Waals surface area contributed by atoms with Crippen molar-refractivity contribution < 1.29 is 22.7 Å². The van der Waals surface area contributed by atoms with E-state index in [0.717, 1.165) is 19.3 Å². The van der Waals surface area contributed by atoms with Gasteiger partial charge in [0.2, 0.25) is 10.0 Å². The fourth-order valence-corrected chi connectivity index (χ4v) is 4.73. The molecular formula is C19H29NO5S. The number of rotatable bonds is 9. The molecule has 1 aromatic carbocycles. The predicted molar refractivity (Wildman–Crippen MR) is 99.6 cm³/mol. The molecule has 2 rings (SSSR count). The lowest BCUT2D eigenvalue weighted by molar-refractivity contribution is -0.143. The van der Waals surface area contributed by atoms with E-state index in [2.05, 4.69) is 0 Å². The summed E-state index contributed by atoms with van der Waals surface area (Å²) in [6, 6.07) is 6.23. The van der Waals surface area contributed by atoms with Crippen LogP contribution in [0.25, 0.3) is 0 Å². The summed E-state index contributed by atoms with van der Waals surface area (Å²) in [5.74, 6) is 0.593. The van der Waals surface area contributed by atoms with Crippen LogP contribution in [0.2, 0.25) is 0 Å². The lowest BCUT2D eigenvalue weighted by atomic mass is 9.87. The van der Waals surface area contributed by atoms with Gasteiger partial charge in [-0.25, -0.2) is 8.42 Å². The van der Waals surface area contributed by atoms with E-state index < -0.39 is 16.0 Å². The zero-order chi connectivity index (χ0) is 19.0. The van der Waals surface area contributed by atoms with Crippen molar-refractivity contribution in [3.05, 3.63) is 24.3 Å². The van der Waals surface area contributed by atoms with Crippen molar-refractivity contribution in [3.8, 4) is 5.75 Å². The van der Waals surface area contributed by atoms with E-state index in [1.54, 1.807) is 19.1 Å². The number of ether oxygens (including phenoxy) is 2. The molecular weight excluding hydrogens is 354 g/mol. The molecule has 0 aliphatic heterocycles. The maximum absolute atomic E-state index is 13.0. The number of benzene rings is 1. The van der Waals surface area contributed by atoms with E-state index in [1.165, 1.54) is 42.8 Å². The highest BCUT2D eigenvalue weighted by Crippen LogP contribution is 2.27. The van der Waals surface area contributed by atoms with Crippen LogP contribution < -0.4 is 4.74 Å². The summed E-state index contributed by atoms with van der Waals surface area (Å²) >= 11 is 0. The summed E-state index contributed by atoms with van der Waals surface area (Å²) in [4.78, 5) is 12.1. The van der Waals surface area contributed by atoms with Gasteiger partial charge in [0.25, 0.3) is 0 Å². The molecule has 26 heavy (non-hydrogen) atoms. The van der Waals surface area contributed by atoms with Crippen molar-refractivity contribution in [2.45, 2.75) is 50.3 Å². The van der Waals surface area contributed by atoms with Crippen LogP contribution in [0.1, 0.15) is 45.4 Å². The largest absolute Gasteiger partial charge is 0.497 e. The third-order valence-electron chi connectivity index (χ3n) is 4.82. The number of nitrogens with zero attached hydrogens (tertiary/aromatic N) is 1. The molecule has 0 saturated heterocycles. The Labute approximate surface area is 156 Å². The Morgan fingerprint density at radius 2 is 1.81 bits per heavy atom. The van der Waals surface area contributed by atoms with Gasteiger partial charge >= 0.3 is 5.97 Å². The van der Waals surface area contributed by atoms with Crippen LogP contribution in [-0.4, -0.2) is 45.5 Å². The van der Waals surface area contributed by atoms with E-state index in [1.807, 2.05) is 0 Å². The highest BCUT2D eigenvalue weighted by atomic mass is 32.2. The normalized spacial score (nSPS) is 15.8. The van der Waals surface area contributed by atoms with Gasteiger partial charge < -0.3 is 9.47 Å². The molecule has 7 heteroatoms. The van der Waals surface area contributed by atoms with Crippen molar-refractivity contribution in [2.24, 2.45) is 5.92 Å². The Kier molecular flexibility index (Phi) is 7.90. The van der Waals surface area contributed by atoms with Crippen LogP contribution in [0, 0.1) is 5.92 Å². The molecule has 1 aromatic rings. The van der Waals surface area contributed by atoms with Crippen LogP contribution in [0.3, 0.4) is 0 Å². The van der Waals surface area contributed by atoms with Crippen molar-refractivity contribution in [2.75, 3.05) is 26.8 Å². The van der Waals surface area contributed by atoms with Gasteiger partial charge in [0.1, 0.15) is 12.3 Å². The van der Waals surface area contributed by atoms with Crippen LogP contribution >= 0.6 is 0 Å². The number of carbonyl (C=O) groups is 1. The molecule has 0 amide bonds. The van der Waals surface area contributed by atoms with Crippen molar-refractivity contribution in [3.63, 3.8) is 0 Å². The Balaban J connectivity index is 2.14. The molecule has 146 valence electrons. The number of esters is 1. The van der Waals surface area contributed by atoms with E-state index in [0.29, 0.717) is 18.2 Å². The van der Waals surface area contributed by atoms with Crippen molar-refractivity contribution in [1.82, 2.24) is 4.31 Å². The first-order chi connectivity index (χ1) is 12.5. The van der Waals surface area contributed by atoms with Crippen LogP contribution in [0.5, 0.6) is 5.75 Å². The summed E-state index contributed by atoms with van der Waals surface area (Å²) in [6.45, 7) is 2.02. The first-order valence-corrected chi connectivity index (χ1v) is 10.7. The predicted octanol–water partition coefficient (Wildman–Crippen LogP) is 3.22. The second-order valence-corrected chi connectivity index (χ2v) is 8.55. The first-order valence-electron chi connectivity index (χ1n) is 9.27. The van der Waals surface area contributed by atoms with Crippen LogP contribution in [0.4, 0.5) is 0 Å². The Hall–Kier alpha value is -1.60. The highest BCUT2D eigenvalue weighted by Gasteiger charge is 2.28. The van der Waals surface area contributed by atoms with Gasteiger partial charge in [0, 0.05) is 6.54 Å². The van der Waals surface area contributed by atoms with Gasteiger partial charge in [-0.05, 0) is 43.5 Å². The van der Waals surface area contributed by atoms with Gasteiger partial charge in [0.05, 0.1) is 18.6 Å². The second kappa shape index (κ2) is 9.92. The molecule has 1 saturated carbocycles. The minimum Gasteiger partial charge on any atom is -0.497 e. The average Bonchev–Trinajstić information content (AvgIpc) is 2.66. The zero-order valence-corrected chi connectivity index (χ0v) is 16.5. The highest BCUT2D eigenvalue weighted by molar-refractivity contribution is 7.89. The fourth-order valence-electron chi connectivity index (χ4n) is 3.33. The quantitative estimate of drug-likeness (QED) is 0.612. The molecule has 0 spiro atoms. The molecule has 1 aliphatic rings. The Morgan fingerprint density at radius 3 is 2.38 bits per heavy atom. The molecule has 0 unspecified atom stereocenters. The molecule has 6 nitrogen and oxygen atoms in total. The SMILES string of the molecule is CCOC(=O)CN(CCC1CCCCC1)S(=O)(=O)c1ccc(OC)cc1. The third kappa shape index (κ3) is 5.71. The van der Waals surface area contributed by atoms with Gasteiger partial charge in [0.15, 0.2) is 0 Å². The zero-order valence-electron chi connectivity index (χ0n) is 15.6.